The topological polar surface area (TPSA) is 171 Å². The second-order valence-electron chi connectivity index (χ2n) is 17.2. The SMILES string of the molecule is Cc1ccc(-c2cccc(C(=O)N3C[C@H]4CN5C(=O)[C@H](NC(=O)OC(C)(C)C)CCCCC/C=C\[C@@H]6C[C@@]6(C(=O)NS(=O)(=O)C6CC6)NC(=O)[C@@H]5[C@H]4C3)c2)cc1. The van der Waals surface area contributed by atoms with E-state index in [0.717, 1.165) is 29.5 Å². The van der Waals surface area contributed by atoms with E-state index in [1.165, 1.54) is 4.90 Å². The van der Waals surface area contributed by atoms with Crippen LogP contribution in [-0.4, -0.2) is 96.0 Å². The molecule has 0 spiro atoms. The number of hydrogen-bond donors (Lipinski definition) is 3. The number of carbonyl (C=O) groups excluding carboxylic acids is 5. The number of sulfonamides is 1. The normalized spacial score (nSPS) is 28.8. The van der Waals surface area contributed by atoms with E-state index >= 15 is 0 Å². The summed E-state index contributed by atoms with van der Waals surface area (Å²) in [5, 5.41) is 5.08. The highest BCUT2D eigenvalue weighted by Crippen LogP contribution is 2.47. The van der Waals surface area contributed by atoms with Crippen molar-refractivity contribution in [2.24, 2.45) is 17.8 Å². The van der Waals surface area contributed by atoms with Crippen molar-refractivity contribution in [2.45, 2.75) is 108 Å². The third-order valence-electron chi connectivity index (χ3n) is 11.7. The van der Waals surface area contributed by atoms with Crippen LogP contribution in [-0.2, 0) is 29.1 Å². The maximum atomic E-state index is 14.7. The summed E-state index contributed by atoms with van der Waals surface area (Å²) in [5.74, 6) is -3.20. The van der Waals surface area contributed by atoms with Gasteiger partial charge in [-0.3, -0.25) is 23.9 Å². The molecule has 2 saturated carbocycles. The summed E-state index contributed by atoms with van der Waals surface area (Å²) >= 11 is 0. The van der Waals surface area contributed by atoms with Gasteiger partial charge in [0.25, 0.3) is 11.8 Å². The molecule has 2 saturated heterocycles. The number of aryl methyl sites for hydroxylation is 1. The fraction of sp³-hybridized carbons (Fsp3) is 0.548. The molecule has 0 bridgehead atoms. The number of nitrogens with one attached hydrogen (secondary N) is 3. The van der Waals surface area contributed by atoms with Gasteiger partial charge in [0.2, 0.25) is 21.8 Å². The minimum absolute atomic E-state index is 0.153. The lowest BCUT2D eigenvalue weighted by Gasteiger charge is -2.33. The van der Waals surface area contributed by atoms with E-state index in [2.05, 4.69) is 15.4 Å². The fourth-order valence-electron chi connectivity index (χ4n) is 8.45. The Morgan fingerprint density at radius 3 is 2.39 bits per heavy atom. The zero-order chi connectivity index (χ0) is 40.0. The summed E-state index contributed by atoms with van der Waals surface area (Å²) in [7, 11) is -3.90. The Kier molecular flexibility index (Phi) is 10.8. The molecule has 3 heterocycles. The van der Waals surface area contributed by atoms with Gasteiger partial charge in [0.15, 0.2) is 0 Å². The first-order valence-electron chi connectivity index (χ1n) is 19.9. The molecule has 0 aromatic heterocycles. The molecule has 13 nitrogen and oxygen atoms in total. The highest BCUT2D eigenvalue weighted by molar-refractivity contribution is 7.91. The first-order valence-corrected chi connectivity index (χ1v) is 21.4. The number of rotatable bonds is 6. The summed E-state index contributed by atoms with van der Waals surface area (Å²) in [6.07, 6.45) is 7.46. The molecule has 6 atom stereocenters. The van der Waals surface area contributed by atoms with Crippen LogP contribution >= 0.6 is 0 Å². The van der Waals surface area contributed by atoms with Gasteiger partial charge in [0.05, 0.1) is 5.25 Å². The molecule has 7 rings (SSSR count). The van der Waals surface area contributed by atoms with Crippen molar-refractivity contribution in [3.8, 4) is 11.1 Å². The highest BCUT2D eigenvalue weighted by Gasteiger charge is 2.63. The summed E-state index contributed by atoms with van der Waals surface area (Å²) in [6, 6.07) is 13.4. The Morgan fingerprint density at radius 2 is 1.68 bits per heavy atom. The second kappa shape index (κ2) is 15.3. The maximum absolute atomic E-state index is 14.7. The van der Waals surface area contributed by atoms with E-state index in [0.29, 0.717) is 44.2 Å². The number of hydrogen-bond acceptors (Lipinski definition) is 8. The smallest absolute Gasteiger partial charge is 0.408 e. The molecule has 0 unspecified atom stereocenters. The predicted molar refractivity (Wildman–Crippen MR) is 209 cm³/mol. The molecule has 56 heavy (non-hydrogen) atoms. The van der Waals surface area contributed by atoms with Gasteiger partial charge in [-0.2, -0.15) is 0 Å². The molecule has 14 heteroatoms. The van der Waals surface area contributed by atoms with E-state index < -0.39 is 74.1 Å². The number of benzene rings is 2. The van der Waals surface area contributed by atoms with Crippen molar-refractivity contribution in [2.75, 3.05) is 19.6 Å². The molecule has 3 N–H and O–H groups in total. The third kappa shape index (κ3) is 8.50. The van der Waals surface area contributed by atoms with Crippen LogP contribution in [0.2, 0.25) is 0 Å². The van der Waals surface area contributed by atoms with Crippen molar-refractivity contribution in [3.05, 3.63) is 71.8 Å². The minimum atomic E-state index is -3.90. The minimum Gasteiger partial charge on any atom is -0.444 e. The zero-order valence-corrected chi connectivity index (χ0v) is 33.4. The van der Waals surface area contributed by atoms with Crippen LogP contribution < -0.4 is 15.4 Å². The number of carbonyl (C=O) groups is 5. The van der Waals surface area contributed by atoms with E-state index in [9.17, 15) is 32.4 Å². The van der Waals surface area contributed by atoms with Crippen molar-refractivity contribution in [1.82, 2.24) is 25.2 Å². The van der Waals surface area contributed by atoms with Crippen LogP contribution in [0.5, 0.6) is 0 Å². The monoisotopic (exact) mass is 787 g/mol. The summed E-state index contributed by atoms with van der Waals surface area (Å²) in [5.41, 5.74) is 1.20. The standard InChI is InChI=1S/C42H53N5O8S/c1-26-15-17-27(18-16-26)28-11-10-12-29(21-28)37(49)46-23-30-24-47-35(33(30)25-46)36(48)44-42(39(51)45-56(53,54)32-19-20-32)22-31(42)13-8-6-5-7-9-14-34(38(47)50)43-40(52)55-41(2,3)4/h8,10-13,15-18,21,30-35H,5-7,9,14,19-20,22-25H2,1-4H3,(H,43,52)(H,44,48)(H,45,51)/b13-8-/t30-,31+,33-,34+,35-,42+/m0/s1. The molecular weight excluding hydrogens is 735 g/mol. The molecule has 5 aliphatic rings. The largest absolute Gasteiger partial charge is 0.444 e. The molecule has 5 amide bonds. The van der Waals surface area contributed by atoms with E-state index in [-0.39, 0.29) is 31.3 Å². The highest BCUT2D eigenvalue weighted by atomic mass is 32.2. The molecule has 0 radical (unpaired) electrons. The summed E-state index contributed by atoms with van der Waals surface area (Å²) < 4.78 is 33.6. The predicted octanol–water partition coefficient (Wildman–Crippen LogP) is 4.46. The van der Waals surface area contributed by atoms with Crippen LogP contribution in [0, 0.1) is 24.7 Å². The number of amides is 5. The van der Waals surface area contributed by atoms with Gasteiger partial charge >= 0.3 is 6.09 Å². The lowest BCUT2D eigenvalue weighted by molar-refractivity contribution is -0.142. The second-order valence-corrected chi connectivity index (χ2v) is 19.2. The number of fused-ring (bicyclic) bond motifs is 4. The number of ether oxygens (including phenoxy) is 1. The first-order chi connectivity index (χ1) is 26.5. The van der Waals surface area contributed by atoms with E-state index in [1.54, 1.807) is 31.7 Å². The Labute approximate surface area is 329 Å². The zero-order valence-electron chi connectivity index (χ0n) is 32.6. The van der Waals surface area contributed by atoms with Gasteiger partial charge in [-0.05, 0) is 89.5 Å². The first kappa shape index (κ1) is 39.5. The van der Waals surface area contributed by atoms with Crippen LogP contribution in [0.1, 0.15) is 88.1 Å². The fourth-order valence-corrected chi connectivity index (χ4v) is 9.81. The van der Waals surface area contributed by atoms with Gasteiger partial charge in [0.1, 0.15) is 23.2 Å². The van der Waals surface area contributed by atoms with E-state index in [4.69, 9.17) is 4.74 Å². The van der Waals surface area contributed by atoms with Crippen LogP contribution in [0.3, 0.4) is 0 Å². The number of allylic oxidation sites excluding steroid dienone is 1. The molecule has 2 aromatic rings. The Morgan fingerprint density at radius 1 is 0.929 bits per heavy atom. The Hall–Kier alpha value is -4.72. The average Bonchev–Trinajstić information content (AvgIpc) is 4.04. The Balaban J connectivity index is 1.18. The van der Waals surface area contributed by atoms with Crippen molar-refractivity contribution >= 4 is 39.7 Å². The molecular formula is C42H53N5O8S. The lowest BCUT2D eigenvalue weighted by atomic mass is 9.93. The molecule has 2 aliphatic carbocycles. The molecule has 2 aromatic carbocycles. The van der Waals surface area contributed by atoms with Gasteiger partial charge < -0.3 is 25.2 Å². The third-order valence-corrected chi connectivity index (χ3v) is 13.5. The quantitative estimate of drug-likeness (QED) is 0.361. The van der Waals surface area contributed by atoms with Gasteiger partial charge in [-0.25, -0.2) is 13.2 Å². The van der Waals surface area contributed by atoms with Gasteiger partial charge in [0, 0.05) is 43.0 Å². The van der Waals surface area contributed by atoms with Crippen LogP contribution in [0.25, 0.3) is 11.1 Å². The summed E-state index contributed by atoms with van der Waals surface area (Å²) in [6.45, 7) is 7.86. The lowest BCUT2D eigenvalue weighted by Crippen LogP contribution is -2.60. The van der Waals surface area contributed by atoms with Crippen molar-refractivity contribution in [3.63, 3.8) is 0 Å². The number of nitrogens with zero attached hydrogens (tertiary/aromatic N) is 2. The van der Waals surface area contributed by atoms with Crippen LogP contribution in [0.15, 0.2) is 60.7 Å². The number of alkyl carbamates (subject to hydrolysis) is 1. The summed E-state index contributed by atoms with van der Waals surface area (Å²) in [4.78, 5) is 73.4. The van der Waals surface area contributed by atoms with Gasteiger partial charge in [-0.15, -0.1) is 0 Å². The van der Waals surface area contributed by atoms with Crippen LogP contribution in [0.4, 0.5) is 4.79 Å². The van der Waals surface area contributed by atoms with Crippen molar-refractivity contribution in [1.29, 1.82) is 0 Å². The van der Waals surface area contributed by atoms with E-state index in [1.807, 2.05) is 61.5 Å². The maximum Gasteiger partial charge on any atom is 0.408 e. The van der Waals surface area contributed by atoms with Crippen molar-refractivity contribution < 1.29 is 37.1 Å². The molecule has 4 fully saturated rings. The number of likely N-dealkylation sites (tertiary alicyclic amines) is 1. The molecule has 300 valence electrons. The molecule has 3 aliphatic heterocycles. The average molecular weight is 788 g/mol. The Bertz CT molecular complexity index is 2020. The van der Waals surface area contributed by atoms with Gasteiger partial charge in [-0.1, -0.05) is 67.0 Å².